The summed E-state index contributed by atoms with van der Waals surface area (Å²) >= 11 is 0. The van der Waals surface area contributed by atoms with Crippen LogP contribution < -0.4 is 5.73 Å². The van der Waals surface area contributed by atoms with Gasteiger partial charge in [-0.05, 0) is 24.3 Å². The van der Waals surface area contributed by atoms with Crippen molar-refractivity contribution in [3.8, 4) is 11.4 Å². The highest BCUT2D eigenvalue weighted by molar-refractivity contribution is 5.79. The number of hydrogen-bond donors (Lipinski definition) is 2. The van der Waals surface area contributed by atoms with Gasteiger partial charge in [0.2, 0.25) is 0 Å². The number of nitrogens with two attached hydrogens (primary N) is 1. The average molecular weight is 246 g/mol. The van der Waals surface area contributed by atoms with Gasteiger partial charge in [0, 0.05) is 11.8 Å². The van der Waals surface area contributed by atoms with Crippen molar-refractivity contribution in [1.82, 2.24) is 15.0 Å². The highest BCUT2D eigenvalue weighted by atomic mass is 19.2. The van der Waals surface area contributed by atoms with Crippen molar-refractivity contribution in [2.75, 3.05) is 5.73 Å². The molecule has 4 nitrogen and oxygen atoms in total. The molecule has 3 aromatic rings. The molecule has 1 aromatic carbocycles. The molecule has 0 unspecified atom stereocenters. The van der Waals surface area contributed by atoms with Gasteiger partial charge in [-0.3, -0.25) is 0 Å². The van der Waals surface area contributed by atoms with Crippen molar-refractivity contribution < 1.29 is 8.78 Å². The highest BCUT2D eigenvalue weighted by Gasteiger charge is 2.12. The maximum absolute atomic E-state index is 13.5. The molecule has 0 radical (unpaired) electrons. The fraction of sp³-hybridized carbons (Fsp3) is 0. The topological polar surface area (TPSA) is 67.6 Å². The fourth-order valence-corrected chi connectivity index (χ4v) is 1.70. The number of anilines is 1. The second-order valence-electron chi connectivity index (χ2n) is 3.81. The molecule has 0 saturated carbocycles. The quantitative estimate of drug-likeness (QED) is 0.693. The molecule has 0 atom stereocenters. The molecule has 6 heteroatoms. The van der Waals surface area contributed by atoms with Gasteiger partial charge in [0.1, 0.15) is 17.2 Å². The van der Waals surface area contributed by atoms with Crippen LogP contribution >= 0.6 is 0 Å². The van der Waals surface area contributed by atoms with E-state index in [1.807, 2.05) is 0 Å². The van der Waals surface area contributed by atoms with Gasteiger partial charge in [-0.25, -0.2) is 18.7 Å². The molecule has 3 N–H and O–H groups in total. The second-order valence-corrected chi connectivity index (χ2v) is 3.81. The number of imidazole rings is 1. The third kappa shape index (κ3) is 1.58. The summed E-state index contributed by atoms with van der Waals surface area (Å²) in [5.41, 5.74) is 6.53. The van der Waals surface area contributed by atoms with Gasteiger partial charge in [0.15, 0.2) is 11.6 Å². The zero-order valence-electron chi connectivity index (χ0n) is 9.11. The van der Waals surface area contributed by atoms with E-state index in [-0.39, 0.29) is 5.52 Å². The molecule has 90 valence electrons. The smallest absolute Gasteiger partial charge is 0.186 e. The Morgan fingerprint density at radius 3 is 2.67 bits per heavy atom. The minimum absolute atomic E-state index is 0.0261. The molecule has 0 amide bonds. The molecule has 0 saturated heterocycles. The molecular formula is C12H8F2N4. The Bertz CT molecular complexity index is 719. The fourth-order valence-electron chi connectivity index (χ4n) is 1.70. The summed E-state index contributed by atoms with van der Waals surface area (Å²) in [6.45, 7) is 0. The highest BCUT2D eigenvalue weighted by Crippen LogP contribution is 2.23. The number of rotatable bonds is 1. The lowest BCUT2D eigenvalue weighted by Crippen LogP contribution is -1.89. The largest absolute Gasteiger partial charge is 0.384 e. The van der Waals surface area contributed by atoms with E-state index in [4.69, 9.17) is 5.73 Å². The van der Waals surface area contributed by atoms with Crippen LogP contribution in [0.2, 0.25) is 0 Å². The predicted molar refractivity (Wildman–Crippen MR) is 63.7 cm³/mol. The molecular weight excluding hydrogens is 238 g/mol. The Kier molecular flexibility index (Phi) is 2.22. The predicted octanol–water partition coefficient (Wildman–Crippen LogP) is 2.49. The van der Waals surface area contributed by atoms with Gasteiger partial charge >= 0.3 is 0 Å². The number of aromatic amines is 1. The van der Waals surface area contributed by atoms with Gasteiger partial charge in [0.05, 0.1) is 5.52 Å². The molecule has 0 fully saturated rings. The molecule has 2 aromatic heterocycles. The zero-order valence-corrected chi connectivity index (χ0v) is 9.11. The van der Waals surface area contributed by atoms with Crippen molar-refractivity contribution in [3.05, 3.63) is 42.1 Å². The summed E-state index contributed by atoms with van der Waals surface area (Å²) in [7, 11) is 0. The van der Waals surface area contributed by atoms with Crippen molar-refractivity contribution in [2.24, 2.45) is 0 Å². The molecule has 18 heavy (non-hydrogen) atoms. The van der Waals surface area contributed by atoms with Crippen LogP contribution in [-0.2, 0) is 0 Å². The van der Waals surface area contributed by atoms with Crippen LogP contribution in [0.25, 0.3) is 22.4 Å². The van der Waals surface area contributed by atoms with Gasteiger partial charge in [-0.1, -0.05) is 0 Å². The maximum Gasteiger partial charge on any atom is 0.186 e. The number of nitrogens with zero attached hydrogens (tertiary/aromatic N) is 2. The van der Waals surface area contributed by atoms with Gasteiger partial charge in [-0.15, -0.1) is 0 Å². The third-order valence-corrected chi connectivity index (χ3v) is 2.61. The van der Waals surface area contributed by atoms with Crippen molar-refractivity contribution in [3.63, 3.8) is 0 Å². The van der Waals surface area contributed by atoms with E-state index in [0.717, 1.165) is 6.07 Å². The van der Waals surface area contributed by atoms with Crippen molar-refractivity contribution in [2.45, 2.75) is 0 Å². The first-order chi connectivity index (χ1) is 8.65. The van der Waals surface area contributed by atoms with Crippen LogP contribution in [0.5, 0.6) is 0 Å². The number of fused-ring (bicyclic) bond motifs is 1. The standard InChI is InChI=1S/C12H8F2N4/c13-7-2-3-8-11(10(7)14)18-12(17-8)6-1-4-9(15)16-5-6/h1-5H,(H2,15,16)(H,17,18). The number of benzene rings is 1. The monoisotopic (exact) mass is 246 g/mol. The van der Waals surface area contributed by atoms with Crippen molar-refractivity contribution in [1.29, 1.82) is 0 Å². The Morgan fingerprint density at radius 2 is 1.94 bits per heavy atom. The number of pyridine rings is 1. The van der Waals surface area contributed by atoms with Crippen LogP contribution in [0, 0.1) is 11.6 Å². The van der Waals surface area contributed by atoms with E-state index >= 15 is 0 Å². The van der Waals surface area contributed by atoms with Crippen LogP contribution in [0.1, 0.15) is 0 Å². The van der Waals surface area contributed by atoms with Crippen LogP contribution in [-0.4, -0.2) is 15.0 Å². The van der Waals surface area contributed by atoms with Crippen LogP contribution in [0.4, 0.5) is 14.6 Å². The van der Waals surface area contributed by atoms with E-state index in [9.17, 15) is 8.78 Å². The number of halogens is 2. The number of H-pyrrole nitrogens is 1. The summed E-state index contributed by atoms with van der Waals surface area (Å²) in [6.07, 6.45) is 1.52. The van der Waals surface area contributed by atoms with E-state index in [1.54, 1.807) is 12.1 Å². The molecule has 2 heterocycles. The van der Waals surface area contributed by atoms with Gasteiger partial charge in [0.25, 0.3) is 0 Å². The normalized spacial score (nSPS) is 11.0. The molecule has 0 aliphatic heterocycles. The number of nitrogen functional groups attached to an aromatic ring is 1. The molecule has 0 bridgehead atoms. The SMILES string of the molecule is Nc1ccc(-c2nc3c(F)c(F)ccc3[nH]2)cn1. The van der Waals surface area contributed by atoms with Crippen LogP contribution in [0.3, 0.4) is 0 Å². The average Bonchev–Trinajstić information content (AvgIpc) is 2.80. The summed E-state index contributed by atoms with van der Waals surface area (Å²) in [5.74, 6) is -1.08. The van der Waals surface area contributed by atoms with E-state index in [2.05, 4.69) is 15.0 Å². The molecule has 3 rings (SSSR count). The minimum Gasteiger partial charge on any atom is -0.384 e. The van der Waals surface area contributed by atoms with Crippen LogP contribution in [0.15, 0.2) is 30.5 Å². The molecule has 0 spiro atoms. The Morgan fingerprint density at radius 1 is 1.11 bits per heavy atom. The van der Waals surface area contributed by atoms with Gasteiger partial charge < -0.3 is 10.7 Å². The summed E-state index contributed by atoms with van der Waals surface area (Å²) in [5, 5.41) is 0. The minimum atomic E-state index is -0.960. The number of aromatic nitrogens is 3. The third-order valence-electron chi connectivity index (χ3n) is 2.61. The zero-order chi connectivity index (χ0) is 12.7. The summed E-state index contributed by atoms with van der Waals surface area (Å²) in [6, 6.07) is 5.81. The lowest BCUT2D eigenvalue weighted by Gasteiger charge is -1.95. The summed E-state index contributed by atoms with van der Waals surface area (Å²) in [4.78, 5) is 10.8. The Balaban J connectivity index is 2.19. The molecule has 0 aliphatic carbocycles. The lowest BCUT2D eigenvalue weighted by atomic mass is 10.3. The Labute approximate surface area is 100 Å². The number of hydrogen-bond acceptors (Lipinski definition) is 3. The first-order valence-corrected chi connectivity index (χ1v) is 5.21. The van der Waals surface area contributed by atoms with Crippen molar-refractivity contribution >= 4 is 16.9 Å². The van der Waals surface area contributed by atoms with E-state index in [0.29, 0.717) is 22.7 Å². The van der Waals surface area contributed by atoms with E-state index < -0.39 is 11.6 Å². The van der Waals surface area contributed by atoms with Gasteiger partial charge in [-0.2, -0.15) is 0 Å². The summed E-state index contributed by atoms with van der Waals surface area (Å²) < 4.78 is 26.6. The second kappa shape index (κ2) is 3.76. The lowest BCUT2D eigenvalue weighted by molar-refractivity contribution is 0.515. The van der Waals surface area contributed by atoms with E-state index in [1.165, 1.54) is 12.3 Å². The molecule has 0 aliphatic rings. The first kappa shape index (κ1) is 10.6. The maximum atomic E-state index is 13.5. The first-order valence-electron chi connectivity index (χ1n) is 5.21. The Hall–Kier alpha value is -2.50. The number of nitrogens with one attached hydrogen (secondary N) is 1.